The Hall–Kier alpha value is -2.55. The van der Waals surface area contributed by atoms with Gasteiger partial charge in [0, 0.05) is 19.2 Å². The summed E-state index contributed by atoms with van der Waals surface area (Å²) in [5, 5.41) is 31.6. The molecule has 0 spiro atoms. The van der Waals surface area contributed by atoms with Crippen LogP contribution < -0.4 is 4.90 Å². The van der Waals surface area contributed by atoms with Crippen molar-refractivity contribution < 1.29 is 10.0 Å². The third-order valence-electron chi connectivity index (χ3n) is 3.17. The van der Waals surface area contributed by atoms with Gasteiger partial charge in [0.2, 0.25) is 0 Å². The fraction of sp³-hybridized carbons (Fsp3) is 0.364. The highest BCUT2D eigenvalue weighted by molar-refractivity contribution is 5.68. The lowest BCUT2D eigenvalue weighted by Gasteiger charge is -2.45. The average molecular weight is 276 g/mol. The maximum absolute atomic E-state index is 11.2. The van der Waals surface area contributed by atoms with E-state index in [9.17, 15) is 15.2 Å². The zero-order valence-corrected chi connectivity index (χ0v) is 10.7. The lowest BCUT2D eigenvalue weighted by Crippen LogP contribution is -2.60. The molecule has 0 bridgehead atoms. The number of nitrogens with zero attached hydrogens (tertiary/aromatic N) is 6. The van der Waals surface area contributed by atoms with Crippen molar-refractivity contribution in [3.05, 3.63) is 34.6 Å². The van der Waals surface area contributed by atoms with E-state index < -0.39 is 10.5 Å². The van der Waals surface area contributed by atoms with E-state index in [0.29, 0.717) is 24.5 Å². The zero-order valence-electron chi connectivity index (χ0n) is 10.7. The molecular weight excluding hydrogens is 264 g/mol. The molecule has 0 saturated carbocycles. The quantitative estimate of drug-likeness (QED) is 0.627. The molecular formula is C11H12N6O3. The van der Waals surface area contributed by atoms with Crippen LogP contribution in [-0.2, 0) is 0 Å². The van der Waals surface area contributed by atoms with E-state index in [-0.39, 0.29) is 5.69 Å². The highest BCUT2D eigenvalue weighted by Gasteiger charge is 2.39. The lowest BCUT2D eigenvalue weighted by atomic mass is 9.96. The van der Waals surface area contributed by atoms with Crippen molar-refractivity contribution in [2.45, 2.75) is 12.5 Å². The minimum atomic E-state index is -0.789. The molecule has 20 heavy (non-hydrogen) atoms. The molecule has 1 aromatic heterocycles. The van der Waals surface area contributed by atoms with Crippen LogP contribution in [0.4, 0.5) is 11.4 Å². The molecule has 1 N–H and O–H groups in total. The predicted molar refractivity (Wildman–Crippen MR) is 68.6 cm³/mol. The van der Waals surface area contributed by atoms with E-state index in [1.807, 2.05) is 0 Å². The molecule has 1 saturated heterocycles. The van der Waals surface area contributed by atoms with Gasteiger partial charge in [-0.05, 0) is 29.5 Å². The second-order valence-electron chi connectivity index (χ2n) is 5.04. The molecule has 1 fully saturated rings. The van der Waals surface area contributed by atoms with Crippen molar-refractivity contribution in [2.75, 3.05) is 18.0 Å². The molecule has 1 aromatic carbocycles. The zero-order chi connectivity index (χ0) is 14.3. The number of hydrogen-bond donors (Lipinski definition) is 1. The van der Waals surface area contributed by atoms with Crippen LogP contribution in [0.5, 0.6) is 0 Å². The van der Waals surface area contributed by atoms with Crippen LogP contribution in [0.3, 0.4) is 0 Å². The number of nitro benzene ring substituents is 1. The van der Waals surface area contributed by atoms with Gasteiger partial charge < -0.3 is 10.0 Å². The third-order valence-corrected chi connectivity index (χ3v) is 3.17. The number of nitro groups is 1. The number of anilines is 1. The first kappa shape index (κ1) is 12.5. The Morgan fingerprint density at radius 3 is 2.75 bits per heavy atom. The number of benzene rings is 1. The smallest absolute Gasteiger partial charge is 0.294 e. The van der Waals surface area contributed by atoms with Crippen LogP contribution in [-0.4, -0.2) is 48.9 Å². The standard InChI is InChI=1S/C11H12N6O3/c1-11(18)5-15(6-11)9-3-2-8(4-10(9)17(19)20)16-7-12-13-14-16/h2-4,7,18H,5-6H2,1H3. The molecule has 0 radical (unpaired) electrons. The minimum absolute atomic E-state index is 0.0338. The summed E-state index contributed by atoms with van der Waals surface area (Å²) in [7, 11) is 0. The summed E-state index contributed by atoms with van der Waals surface area (Å²) in [6.45, 7) is 2.45. The SMILES string of the molecule is CC1(O)CN(c2ccc(-n3cnnn3)cc2[N+](=O)[O-])C1. The predicted octanol–water partition coefficient (Wildman–Crippen LogP) is 0.141. The van der Waals surface area contributed by atoms with Crippen LogP contribution in [0.2, 0.25) is 0 Å². The van der Waals surface area contributed by atoms with Crippen LogP contribution >= 0.6 is 0 Å². The van der Waals surface area contributed by atoms with Crippen LogP contribution in [0.25, 0.3) is 5.69 Å². The van der Waals surface area contributed by atoms with Crippen molar-refractivity contribution in [2.24, 2.45) is 0 Å². The van der Waals surface area contributed by atoms with Crippen molar-refractivity contribution in [1.82, 2.24) is 20.2 Å². The fourth-order valence-corrected chi connectivity index (χ4v) is 2.29. The topological polar surface area (TPSA) is 110 Å². The van der Waals surface area contributed by atoms with Crippen LogP contribution in [0, 0.1) is 10.1 Å². The Morgan fingerprint density at radius 1 is 1.45 bits per heavy atom. The summed E-state index contributed by atoms with van der Waals surface area (Å²) in [6, 6.07) is 4.76. The first-order valence-corrected chi connectivity index (χ1v) is 5.95. The summed E-state index contributed by atoms with van der Waals surface area (Å²) >= 11 is 0. The second kappa shape index (κ2) is 4.23. The van der Waals surface area contributed by atoms with Crippen molar-refractivity contribution in [1.29, 1.82) is 0 Å². The number of hydrogen-bond acceptors (Lipinski definition) is 7. The number of tetrazole rings is 1. The number of β-amino-alcohol motifs (C(OH)–C–C–N with tert-alkyl or cyclic N) is 1. The van der Waals surface area contributed by atoms with Gasteiger partial charge in [-0.2, -0.15) is 0 Å². The fourth-order valence-electron chi connectivity index (χ4n) is 2.29. The van der Waals surface area contributed by atoms with E-state index in [4.69, 9.17) is 0 Å². The molecule has 1 aliphatic rings. The summed E-state index contributed by atoms with van der Waals surface area (Å²) in [5.74, 6) is 0. The monoisotopic (exact) mass is 276 g/mol. The van der Waals surface area contributed by atoms with Crippen LogP contribution in [0.15, 0.2) is 24.5 Å². The van der Waals surface area contributed by atoms with Crippen molar-refractivity contribution >= 4 is 11.4 Å². The normalized spacial score (nSPS) is 16.8. The lowest BCUT2D eigenvalue weighted by molar-refractivity contribution is -0.384. The van der Waals surface area contributed by atoms with Crippen LogP contribution in [0.1, 0.15) is 6.92 Å². The molecule has 104 valence electrons. The molecule has 9 heteroatoms. The molecule has 0 unspecified atom stereocenters. The summed E-state index contributed by atoms with van der Waals surface area (Å²) in [5.41, 5.74) is 0.173. The minimum Gasteiger partial charge on any atom is -0.386 e. The largest absolute Gasteiger partial charge is 0.386 e. The Kier molecular flexibility index (Phi) is 2.64. The Labute approximate surface area is 113 Å². The molecule has 0 aliphatic carbocycles. The van der Waals surface area contributed by atoms with Gasteiger partial charge in [-0.25, -0.2) is 4.68 Å². The van der Waals surface area contributed by atoms with Gasteiger partial charge >= 0.3 is 0 Å². The Balaban J connectivity index is 1.97. The van der Waals surface area contributed by atoms with Gasteiger partial charge in [0.25, 0.3) is 5.69 Å². The molecule has 9 nitrogen and oxygen atoms in total. The number of rotatable bonds is 3. The van der Waals surface area contributed by atoms with Gasteiger partial charge in [0.1, 0.15) is 12.0 Å². The molecule has 3 rings (SSSR count). The number of aliphatic hydroxyl groups is 1. The Bertz CT molecular complexity index is 646. The van der Waals surface area contributed by atoms with E-state index >= 15 is 0 Å². The average Bonchev–Trinajstić information content (AvgIpc) is 2.89. The number of aromatic nitrogens is 4. The highest BCUT2D eigenvalue weighted by Crippen LogP contribution is 2.35. The molecule has 0 amide bonds. The van der Waals surface area contributed by atoms with Gasteiger partial charge in [-0.3, -0.25) is 10.1 Å². The molecule has 1 aliphatic heterocycles. The Morgan fingerprint density at radius 2 is 2.20 bits per heavy atom. The molecule has 0 atom stereocenters. The van der Waals surface area contributed by atoms with Gasteiger partial charge in [-0.1, -0.05) is 0 Å². The van der Waals surface area contributed by atoms with Crippen molar-refractivity contribution in [3.63, 3.8) is 0 Å². The summed E-state index contributed by atoms with van der Waals surface area (Å²) in [4.78, 5) is 12.5. The third kappa shape index (κ3) is 2.07. The highest BCUT2D eigenvalue weighted by atomic mass is 16.6. The first-order chi connectivity index (χ1) is 9.46. The van der Waals surface area contributed by atoms with Crippen molar-refractivity contribution in [3.8, 4) is 5.69 Å². The van der Waals surface area contributed by atoms with Gasteiger partial charge in [-0.15, -0.1) is 5.10 Å². The first-order valence-electron chi connectivity index (χ1n) is 5.95. The second-order valence-corrected chi connectivity index (χ2v) is 5.04. The van der Waals surface area contributed by atoms with E-state index in [0.717, 1.165) is 0 Å². The summed E-state index contributed by atoms with van der Waals surface area (Å²) in [6.07, 6.45) is 1.37. The maximum Gasteiger partial charge on any atom is 0.294 e. The molecule has 2 aromatic rings. The van der Waals surface area contributed by atoms with Gasteiger partial charge in [0.15, 0.2) is 0 Å². The van der Waals surface area contributed by atoms with E-state index in [1.54, 1.807) is 24.0 Å². The van der Waals surface area contributed by atoms with Gasteiger partial charge in [0.05, 0.1) is 16.2 Å². The summed E-state index contributed by atoms with van der Waals surface area (Å²) < 4.78 is 1.35. The maximum atomic E-state index is 11.2. The van der Waals surface area contributed by atoms with E-state index in [1.165, 1.54) is 17.1 Å². The van der Waals surface area contributed by atoms with E-state index in [2.05, 4.69) is 15.5 Å². The molecule has 2 heterocycles.